The average molecular weight is 344 g/mol. The number of nitrogens with zero attached hydrogens (tertiary/aromatic N) is 2. The summed E-state index contributed by atoms with van der Waals surface area (Å²) < 4.78 is 5.51. The van der Waals surface area contributed by atoms with Crippen molar-refractivity contribution in [2.45, 2.75) is 39.5 Å². The number of fused-ring (bicyclic) bond motifs is 1. The van der Waals surface area contributed by atoms with Crippen LogP contribution in [0.1, 0.15) is 49.0 Å². The monoisotopic (exact) mass is 344 g/mol. The van der Waals surface area contributed by atoms with E-state index in [0.717, 1.165) is 49.1 Å². The van der Waals surface area contributed by atoms with Gasteiger partial charge in [0.1, 0.15) is 5.75 Å². The molecule has 1 fully saturated rings. The normalized spacial score (nSPS) is 17.2. The summed E-state index contributed by atoms with van der Waals surface area (Å²) >= 11 is 0. The Morgan fingerprint density at radius 1 is 1.08 bits per heavy atom. The number of benzene rings is 1. The Morgan fingerprint density at radius 3 is 2.56 bits per heavy atom. The Kier molecular flexibility index (Phi) is 5.61. The van der Waals surface area contributed by atoms with E-state index < -0.39 is 0 Å². The second-order valence-corrected chi connectivity index (χ2v) is 6.91. The summed E-state index contributed by atoms with van der Waals surface area (Å²) in [4.78, 5) is 29.3. The Balaban J connectivity index is 1.64. The molecular formula is C20H28N2O3. The van der Waals surface area contributed by atoms with Gasteiger partial charge in [0.25, 0.3) is 5.91 Å². The lowest BCUT2D eigenvalue weighted by molar-refractivity contribution is -0.135. The lowest BCUT2D eigenvalue weighted by Crippen LogP contribution is -2.39. The highest BCUT2D eigenvalue weighted by molar-refractivity contribution is 5.94. The molecule has 0 unspecified atom stereocenters. The molecule has 136 valence electrons. The van der Waals surface area contributed by atoms with Gasteiger partial charge >= 0.3 is 0 Å². The van der Waals surface area contributed by atoms with Crippen LogP contribution >= 0.6 is 0 Å². The SMILES string of the molecule is CCC(CC)C(=O)N1CCCN(C(=O)c2ccc3c(c2)CCO3)CC1. The summed E-state index contributed by atoms with van der Waals surface area (Å²) in [6.45, 7) is 7.53. The van der Waals surface area contributed by atoms with E-state index in [0.29, 0.717) is 26.2 Å². The van der Waals surface area contributed by atoms with Gasteiger partial charge in [-0.2, -0.15) is 0 Å². The maximum Gasteiger partial charge on any atom is 0.253 e. The Hall–Kier alpha value is -2.04. The lowest BCUT2D eigenvalue weighted by Gasteiger charge is -2.25. The zero-order chi connectivity index (χ0) is 17.8. The summed E-state index contributed by atoms with van der Waals surface area (Å²) in [6.07, 6.45) is 3.47. The fourth-order valence-corrected chi connectivity index (χ4v) is 3.74. The summed E-state index contributed by atoms with van der Waals surface area (Å²) in [5.41, 5.74) is 1.84. The smallest absolute Gasteiger partial charge is 0.253 e. The van der Waals surface area contributed by atoms with Crippen molar-refractivity contribution in [2.24, 2.45) is 5.92 Å². The molecule has 0 N–H and O–H groups in total. The molecule has 0 atom stereocenters. The van der Waals surface area contributed by atoms with Gasteiger partial charge in [-0.15, -0.1) is 0 Å². The van der Waals surface area contributed by atoms with Crippen molar-refractivity contribution < 1.29 is 14.3 Å². The predicted molar refractivity (Wildman–Crippen MR) is 96.8 cm³/mol. The highest BCUT2D eigenvalue weighted by Gasteiger charge is 2.26. The zero-order valence-corrected chi connectivity index (χ0v) is 15.3. The molecule has 2 amide bonds. The third-order valence-electron chi connectivity index (χ3n) is 5.37. The third-order valence-corrected chi connectivity index (χ3v) is 5.37. The highest BCUT2D eigenvalue weighted by Crippen LogP contribution is 2.26. The van der Waals surface area contributed by atoms with Crippen molar-refractivity contribution >= 4 is 11.8 Å². The summed E-state index contributed by atoms with van der Waals surface area (Å²) in [5, 5.41) is 0. The first kappa shape index (κ1) is 17.8. The van der Waals surface area contributed by atoms with E-state index in [9.17, 15) is 9.59 Å². The van der Waals surface area contributed by atoms with Crippen LogP contribution in [-0.4, -0.2) is 54.4 Å². The molecule has 2 aliphatic heterocycles. The van der Waals surface area contributed by atoms with Crippen LogP contribution in [0.5, 0.6) is 5.75 Å². The van der Waals surface area contributed by atoms with Crippen molar-refractivity contribution in [2.75, 3.05) is 32.8 Å². The minimum absolute atomic E-state index is 0.0616. The van der Waals surface area contributed by atoms with Crippen LogP contribution in [-0.2, 0) is 11.2 Å². The number of carbonyl (C=O) groups is 2. The van der Waals surface area contributed by atoms with Crippen LogP contribution in [0.25, 0.3) is 0 Å². The predicted octanol–water partition coefficient (Wildman–Crippen LogP) is 2.73. The van der Waals surface area contributed by atoms with Crippen LogP contribution in [0.4, 0.5) is 0 Å². The van der Waals surface area contributed by atoms with Gasteiger partial charge in [-0.05, 0) is 43.0 Å². The maximum atomic E-state index is 12.9. The van der Waals surface area contributed by atoms with Gasteiger partial charge in [0.15, 0.2) is 0 Å². The largest absolute Gasteiger partial charge is 0.493 e. The van der Waals surface area contributed by atoms with Crippen molar-refractivity contribution in [3.05, 3.63) is 29.3 Å². The second kappa shape index (κ2) is 7.89. The molecule has 2 heterocycles. The maximum absolute atomic E-state index is 12.9. The number of hydrogen-bond donors (Lipinski definition) is 0. The first-order valence-corrected chi connectivity index (χ1v) is 9.47. The Labute approximate surface area is 149 Å². The van der Waals surface area contributed by atoms with Gasteiger partial charge in [-0.25, -0.2) is 0 Å². The quantitative estimate of drug-likeness (QED) is 0.844. The number of rotatable bonds is 4. The molecule has 25 heavy (non-hydrogen) atoms. The molecule has 0 spiro atoms. The van der Waals surface area contributed by atoms with Crippen LogP contribution in [0.2, 0.25) is 0 Å². The molecule has 5 nitrogen and oxygen atoms in total. The number of ether oxygens (including phenoxy) is 1. The molecule has 1 aromatic rings. The minimum atomic E-state index is 0.0616. The molecule has 0 aliphatic carbocycles. The molecule has 5 heteroatoms. The van der Waals surface area contributed by atoms with E-state index >= 15 is 0 Å². The Bertz CT molecular complexity index is 640. The van der Waals surface area contributed by atoms with Crippen molar-refractivity contribution in [3.8, 4) is 5.75 Å². The van der Waals surface area contributed by atoms with Crippen LogP contribution < -0.4 is 4.74 Å². The summed E-state index contributed by atoms with van der Waals surface area (Å²) in [7, 11) is 0. The average Bonchev–Trinajstić information content (AvgIpc) is 2.96. The molecule has 3 rings (SSSR count). The first-order chi connectivity index (χ1) is 12.1. The van der Waals surface area contributed by atoms with E-state index in [4.69, 9.17) is 4.74 Å². The van der Waals surface area contributed by atoms with Crippen molar-refractivity contribution in [3.63, 3.8) is 0 Å². The van der Waals surface area contributed by atoms with Gasteiger partial charge < -0.3 is 14.5 Å². The zero-order valence-electron chi connectivity index (χ0n) is 15.3. The van der Waals surface area contributed by atoms with Crippen molar-refractivity contribution in [1.82, 2.24) is 9.80 Å². The molecule has 0 saturated carbocycles. The van der Waals surface area contributed by atoms with Crippen molar-refractivity contribution in [1.29, 1.82) is 0 Å². The van der Waals surface area contributed by atoms with Crippen LogP contribution in [0.3, 0.4) is 0 Å². The van der Waals surface area contributed by atoms with E-state index in [1.807, 2.05) is 28.0 Å². The molecule has 0 bridgehead atoms. The van der Waals surface area contributed by atoms with Gasteiger partial charge in [0.05, 0.1) is 6.61 Å². The van der Waals surface area contributed by atoms with Gasteiger partial charge in [0.2, 0.25) is 5.91 Å². The van der Waals surface area contributed by atoms with E-state index in [1.165, 1.54) is 0 Å². The standard InChI is InChI=1S/C20H28N2O3/c1-3-15(4-2)19(23)21-9-5-10-22(12-11-21)20(24)17-6-7-18-16(14-17)8-13-25-18/h6-7,14-15H,3-5,8-13H2,1-2H3. The van der Waals surface area contributed by atoms with Crippen LogP contribution in [0.15, 0.2) is 18.2 Å². The number of amides is 2. The van der Waals surface area contributed by atoms with Gasteiger partial charge in [-0.1, -0.05) is 13.8 Å². The molecular weight excluding hydrogens is 316 g/mol. The Morgan fingerprint density at radius 2 is 1.80 bits per heavy atom. The fourth-order valence-electron chi connectivity index (χ4n) is 3.74. The van der Waals surface area contributed by atoms with Gasteiger partial charge in [-0.3, -0.25) is 9.59 Å². The second-order valence-electron chi connectivity index (χ2n) is 6.91. The fraction of sp³-hybridized carbons (Fsp3) is 0.600. The van der Waals surface area contributed by atoms with E-state index in [1.54, 1.807) is 0 Å². The minimum Gasteiger partial charge on any atom is -0.493 e. The van der Waals surface area contributed by atoms with E-state index in [2.05, 4.69) is 13.8 Å². The summed E-state index contributed by atoms with van der Waals surface area (Å²) in [6, 6.07) is 5.71. The molecule has 0 aromatic heterocycles. The highest BCUT2D eigenvalue weighted by atomic mass is 16.5. The summed E-state index contributed by atoms with van der Waals surface area (Å²) in [5.74, 6) is 1.31. The first-order valence-electron chi connectivity index (χ1n) is 9.47. The molecule has 2 aliphatic rings. The van der Waals surface area contributed by atoms with Gasteiger partial charge in [0, 0.05) is 44.1 Å². The molecule has 1 saturated heterocycles. The third kappa shape index (κ3) is 3.80. The van der Waals surface area contributed by atoms with E-state index in [-0.39, 0.29) is 17.7 Å². The number of hydrogen-bond acceptors (Lipinski definition) is 3. The molecule has 1 aromatic carbocycles. The lowest BCUT2D eigenvalue weighted by atomic mass is 10.0. The van der Waals surface area contributed by atoms with Crippen LogP contribution in [0, 0.1) is 5.92 Å². The number of carbonyl (C=O) groups excluding carboxylic acids is 2. The molecule has 0 radical (unpaired) electrons. The topological polar surface area (TPSA) is 49.9 Å².